The first-order valence-electron chi connectivity index (χ1n) is 19.2. The van der Waals surface area contributed by atoms with Crippen molar-refractivity contribution in [1.82, 2.24) is 20.7 Å². The number of ether oxygens (including phenoxy) is 5. The number of rotatable bonds is 23. The van der Waals surface area contributed by atoms with Crippen molar-refractivity contribution < 1.29 is 48.0 Å². The molecule has 1 aliphatic heterocycles. The molecule has 1 aromatic carbocycles. The zero-order valence-corrected chi connectivity index (χ0v) is 34.0. The molecule has 0 saturated carbocycles. The van der Waals surface area contributed by atoms with Gasteiger partial charge >= 0.3 is 6.09 Å². The van der Waals surface area contributed by atoms with Gasteiger partial charge in [-0.2, -0.15) is 0 Å². The van der Waals surface area contributed by atoms with E-state index in [4.69, 9.17) is 29.4 Å². The molecule has 2 rings (SSSR count). The molecule has 0 bridgehead atoms. The van der Waals surface area contributed by atoms with Gasteiger partial charge in [0.15, 0.2) is 6.61 Å². The molecular formula is C39H67N5O10. The molecule has 5 N–H and O–H groups in total. The molecule has 0 radical (unpaired) electrons. The maximum atomic E-state index is 14.0. The van der Waals surface area contributed by atoms with Gasteiger partial charge in [-0.05, 0) is 83.3 Å². The van der Waals surface area contributed by atoms with Crippen LogP contribution in [0.3, 0.4) is 0 Å². The van der Waals surface area contributed by atoms with E-state index in [0.29, 0.717) is 64.7 Å². The molecule has 0 spiro atoms. The number of aliphatic hydroxyl groups is 1. The summed E-state index contributed by atoms with van der Waals surface area (Å²) in [5, 5.41) is 21.5. The fraction of sp³-hybridized carbons (Fsp3) is 0.744. The molecule has 1 aromatic rings. The Morgan fingerprint density at radius 3 is 2.24 bits per heavy atom. The first-order valence-corrected chi connectivity index (χ1v) is 19.2. The summed E-state index contributed by atoms with van der Waals surface area (Å²) in [6.07, 6.45) is 0.0939. The lowest BCUT2D eigenvalue weighted by molar-refractivity contribution is -0.163. The van der Waals surface area contributed by atoms with E-state index in [1.54, 1.807) is 51.1 Å². The first kappa shape index (κ1) is 46.5. The summed E-state index contributed by atoms with van der Waals surface area (Å²) in [5.74, 6) is -1.28. The molecule has 4 atom stereocenters. The number of morpholine rings is 1. The van der Waals surface area contributed by atoms with E-state index >= 15 is 0 Å². The number of alkyl carbamates (subject to hydrolysis) is 1. The normalized spacial score (nSPS) is 15.9. The number of carbonyl (C=O) groups excluding carboxylic acids is 4. The maximum Gasteiger partial charge on any atom is 0.407 e. The van der Waals surface area contributed by atoms with Crippen LogP contribution in [0.4, 0.5) is 4.79 Å². The zero-order chi connectivity index (χ0) is 40.4. The average molecular weight is 766 g/mol. The first-order chi connectivity index (χ1) is 25.5. The number of unbranched alkanes of at least 4 members (excludes halogenated alkanes) is 1. The van der Waals surface area contributed by atoms with Crippen LogP contribution in [0.5, 0.6) is 11.5 Å². The van der Waals surface area contributed by atoms with Crippen LogP contribution in [0.15, 0.2) is 18.2 Å². The number of hydrogen-bond donors (Lipinski definition) is 4. The number of amides is 4. The second-order valence-corrected chi connectivity index (χ2v) is 15.4. The van der Waals surface area contributed by atoms with E-state index in [0.717, 1.165) is 6.42 Å². The summed E-state index contributed by atoms with van der Waals surface area (Å²) >= 11 is 0. The van der Waals surface area contributed by atoms with E-state index in [-0.39, 0.29) is 60.5 Å². The van der Waals surface area contributed by atoms with Gasteiger partial charge in [0.2, 0.25) is 5.91 Å². The van der Waals surface area contributed by atoms with E-state index in [9.17, 15) is 24.3 Å². The molecule has 15 heteroatoms. The number of hydrazine groups is 1. The van der Waals surface area contributed by atoms with Gasteiger partial charge in [-0.3, -0.25) is 19.4 Å². The summed E-state index contributed by atoms with van der Waals surface area (Å²) in [4.78, 5) is 52.0. The molecule has 308 valence electrons. The molecule has 4 amide bonds. The SMILES string of the molecule is CCN(C(=O)C(CC(O)C(CC(CNC(=O)c1ccc(OCC(N)=O)cc1OCCCCOC)C(C)C)NC(=O)OC(C)(C)C)C(C)C)N1CCOCC1. The van der Waals surface area contributed by atoms with Crippen molar-refractivity contribution >= 4 is 23.8 Å². The maximum absolute atomic E-state index is 14.0. The molecule has 1 fully saturated rings. The van der Waals surface area contributed by atoms with E-state index < -0.39 is 35.7 Å². The summed E-state index contributed by atoms with van der Waals surface area (Å²) in [5.41, 5.74) is 4.74. The summed E-state index contributed by atoms with van der Waals surface area (Å²) in [6.45, 7) is 18.7. The third-order valence-electron chi connectivity index (χ3n) is 9.27. The Balaban J connectivity index is 2.30. The number of hydrogen-bond acceptors (Lipinski definition) is 11. The third-order valence-corrected chi connectivity index (χ3v) is 9.27. The zero-order valence-electron chi connectivity index (χ0n) is 34.0. The number of aliphatic hydroxyl groups excluding tert-OH is 1. The minimum absolute atomic E-state index is 0.0287. The lowest BCUT2D eigenvalue weighted by Gasteiger charge is -2.40. The summed E-state index contributed by atoms with van der Waals surface area (Å²) < 4.78 is 27.6. The van der Waals surface area contributed by atoms with Gasteiger partial charge in [0, 0.05) is 51.9 Å². The van der Waals surface area contributed by atoms with Gasteiger partial charge in [0.25, 0.3) is 11.8 Å². The van der Waals surface area contributed by atoms with Crippen LogP contribution >= 0.6 is 0 Å². The van der Waals surface area contributed by atoms with Crippen LogP contribution in [-0.2, 0) is 23.8 Å². The molecule has 0 aromatic heterocycles. The Morgan fingerprint density at radius 1 is 1.00 bits per heavy atom. The predicted molar refractivity (Wildman–Crippen MR) is 205 cm³/mol. The van der Waals surface area contributed by atoms with Crippen LogP contribution < -0.4 is 25.8 Å². The van der Waals surface area contributed by atoms with Crippen LogP contribution in [0.2, 0.25) is 0 Å². The standard InChI is InChI=1S/C39H67N5O10/c1-10-44(43-15-19-51-20-16-43)37(48)31(27(4)5)23-33(45)32(42-38(49)54-39(6,7)8)21-28(26(2)3)24-41-36(47)30-14-13-29(53-25-35(40)46)22-34(30)52-18-12-11-17-50-9/h13-14,22,26-28,31-33,45H,10-12,15-21,23-25H2,1-9H3,(H2,40,46)(H,41,47)(H,42,49). The monoisotopic (exact) mass is 765 g/mol. The van der Waals surface area contributed by atoms with Gasteiger partial charge in [-0.25, -0.2) is 9.80 Å². The van der Waals surface area contributed by atoms with Crippen molar-refractivity contribution in [1.29, 1.82) is 0 Å². The average Bonchev–Trinajstić information content (AvgIpc) is 3.10. The number of benzene rings is 1. The number of carbonyl (C=O) groups is 4. The second-order valence-electron chi connectivity index (χ2n) is 15.4. The molecule has 0 aliphatic carbocycles. The molecule has 4 unspecified atom stereocenters. The third kappa shape index (κ3) is 16.4. The fourth-order valence-corrected chi connectivity index (χ4v) is 6.16. The summed E-state index contributed by atoms with van der Waals surface area (Å²) in [7, 11) is 1.63. The Hall–Kier alpha value is -3.66. The van der Waals surface area contributed by atoms with Crippen molar-refractivity contribution in [2.75, 3.05) is 66.3 Å². The van der Waals surface area contributed by atoms with Crippen molar-refractivity contribution in [3.05, 3.63) is 23.8 Å². The minimum Gasteiger partial charge on any atom is -0.493 e. The largest absolute Gasteiger partial charge is 0.493 e. The highest BCUT2D eigenvalue weighted by Gasteiger charge is 2.36. The molecular weight excluding hydrogens is 698 g/mol. The number of primary amides is 1. The number of methoxy groups -OCH3 is 1. The fourth-order valence-electron chi connectivity index (χ4n) is 6.16. The quantitative estimate of drug-likeness (QED) is 0.119. The van der Waals surface area contributed by atoms with Crippen LogP contribution in [0.1, 0.15) is 91.4 Å². The highest BCUT2D eigenvalue weighted by atomic mass is 16.6. The van der Waals surface area contributed by atoms with Crippen molar-refractivity contribution in [3.63, 3.8) is 0 Å². The van der Waals surface area contributed by atoms with E-state index in [1.165, 1.54) is 0 Å². The molecule has 1 aliphatic rings. The minimum atomic E-state index is -1.10. The van der Waals surface area contributed by atoms with E-state index in [2.05, 4.69) is 10.6 Å². The van der Waals surface area contributed by atoms with Crippen molar-refractivity contribution in [3.8, 4) is 11.5 Å². The van der Waals surface area contributed by atoms with Crippen LogP contribution in [0.25, 0.3) is 0 Å². The van der Waals surface area contributed by atoms with E-state index in [1.807, 2.05) is 39.6 Å². The van der Waals surface area contributed by atoms with Gasteiger partial charge in [0.05, 0.1) is 37.5 Å². The number of nitrogens with zero attached hydrogens (tertiary/aromatic N) is 2. The molecule has 54 heavy (non-hydrogen) atoms. The number of nitrogens with two attached hydrogens (primary N) is 1. The smallest absolute Gasteiger partial charge is 0.407 e. The summed E-state index contributed by atoms with van der Waals surface area (Å²) in [6, 6.07) is 3.90. The Morgan fingerprint density at radius 2 is 1.67 bits per heavy atom. The second kappa shape index (κ2) is 23.3. The highest BCUT2D eigenvalue weighted by molar-refractivity contribution is 5.97. The predicted octanol–water partition coefficient (Wildman–Crippen LogP) is 3.76. The lowest BCUT2D eigenvalue weighted by atomic mass is 9.82. The molecule has 1 heterocycles. The number of nitrogens with one attached hydrogen (secondary N) is 2. The van der Waals surface area contributed by atoms with Crippen LogP contribution in [-0.4, -0.2) is 123 Å². The Labute approximate surface area is 321 Å². The van der Waals surface area contributed by atoms with Gasteiger partial charge < -0.3 is 45.2 Å². The highest BCUT2D eigenvalue weighted by Crippen LogP contribution is 2.28. The lowest BCUT2D eigenvalue weighted by Crippen LogP contribution is -2.54. The topological polar surface area (TPSA) is 191 Å². The van der Waals surface area contributed by atoms with Crippen molar-refractivity contribution in [2.45, 2.75) is 98.8 Å². The Bertz CT molecular complexity index is 1310. The van der Waals surface area contributed by atoms with Gasteiger partial charge in [0.1, 0.15) is 17.1 Å². The van der Waals surface area contributed by atoms with Gasteiger partial charge in [-0.15, -0.1) is 0 Å². The molecule has 1 saturated heterocycles. The molecule has 15 nitrogen and oxygen atoms in total. The van der Waals surface area contributed by atoms with Crippen LogP contribution in [0, 0.1) is 23.7 Å². The van der Waals surface area contributed by atoms with Gasteiger partial charge in [-0.1, -0.05) is 27.7 Å². The Kier molecular flexibility index (Phi) is 20.1. The van der Waals surface area contributed by atoms with Crippen molar-refractivity contribution in [2.24, 2.45) is 29.4 Å².